The molecule has 12 heteroatoms. The van der Waals surface area contributed by atoms with Crippen molar-refractivity contribution in [2.75, 3.05) is 27.3 Å². The van der Waals surface area contributed by atoms with E-state index in [0.29, 0.717) is 43.5 Å². The van der Waals surface area contributed by atoms with Crippen LogP contribution in [-0.4, -0.2) is 91.1 Å². The highest BCUT2D eigenvalue weighted by molar-refractivity contribution is 5.95. The average molecular weight is 799 g/mol. The Morgan fingerprint density at radius 3 is 2.17 bits per heavy atom. The van der Waals surface area contributed by atoms with Gasteiger partial charge in [-0.3, -0.25) is 24.1 Å². The summed E-state index contributed by atoms with van der Waals surface area (Å²) < 4.78 is 16.8. The van der Waals surface area contributed by atoms with Crippen LogP contribution in [0.3, 0.4) is 0 Å². The molecule has 0 aliphatic carbocycles. The quantitative estimate of drug-likeness (QED) is 0.126. The van der Waals surface area contributed by atoms with Crippen LogP contribution in [0.2, 0.25) is 0 Å². The van der Waals surface area contributed by atoms with Crippen LogP contribution in [0.4, 0.5) is 4.79 Å². The van der Waals surface area contributed by atoms with Crippen molar-refractivity contribution in [3.05, 3.63) is 102 Å². The molecule has 1 saturated heterocycles. The summed E-state index contributed by atoms with van der Waals surface area (Å²) in [6.45, 7) is 10.3. The molecule has 4 amide bonds. The Morgan fingerprint density at radius 2 is 1.53 bits per heavy atom. The minimum absolute atomic E-state index is 0.0162. The van der Waals surface area contributed by atoms with Crippen molar-refractivity contribution in [3.8, 4) is 5.75 Å². The standard InChI is InChI=1S/C46H62N4O8/c1-8-32(4)41(48-43(52)39-24-15-16-25-50(39)46(55)58-29-35-20-13-10-14-21-35)44(53)49(6)40(31(2)3)30-57-38-23-17-22-36(28-38)42(51)47-37(26-33(5)45(54)56-7)27-34-18-11-9-12-19-34/h9-14,17-23,28,31-33,37,39-41H,8,15-16,24-27,29-30H2,1-7H3,(H,47,51)(H,48,52)/t32-,33-,37+,39+,40+,41-/m0/s1. The van der Waals surface area contributed by atoms with Crippen LogP contribution in [0, 0.1) is 17.8 Å². The second-order valence-corrected chi connectivity index (χ2v) is 15.7. The predicted molar refractivity (Wildman–Crippen MR) is 223 cm³/mol. The molecule has 3 aromatic rings. The monoisotopic (exact) mass is 798 g/mol. The number of piperidine rings is 1. The summed E-state index contributed by atoms with van der Waals surface area (Å²) in [6.07, 6.45) is 3.05. The highest BCUT2D eigenvalue weighted by Crippen LogP contribution is 2.23. The van der Waals surface area contributed by atoms with Crippen molar-refractivity contribution in [2.45, 2.75) is 104 Å². The molecular weight excluding hydrogens is 737 g/mol. The summed E-state index contributed by atoms with van der Waals surface area (Å²) in [5.41, 5.74) is 2.28. The van der Waals surface area contributed by atoms with Crippen molar-refractivity contribution >= 4 is 29.8 Å². The molecule has 1 aliphatic rings. The summed E-state index contributed by atoms with van der Waals surface area (Å²) in [6, 6.07) is 23.8. The van der Waals surface area contributed by atoms with Gasteiger partial charge in [-0.15, -0.1) is 0 Å². The fourth-order valence-electron chi connectivity index (χ4n) is 7.29. The molecule has 2 N–H and O–H groups in total. The van der Waals surface area contributed by atoms with E-state index >= 15 is 0 Å². The molecule has 0 radical (unpaired) electrons. The maximum Gasteiger partial charge on any atom is 0.410 e. The molecule has 314 valence electrons. The number of nitrogens with one attached hydrogen (secondary N) is 2. The van der Waals surface area contributed by atoms with Crippen LogP contribution in [0.15, 0.2) is 84.9 Å². The summed E-state index contributed by atoms with van der Waals surface area (Å²) in [7, 11) is 3.08. The minimum atomic E-state index is -0.828. The number of likely N-dealkylation sites (tertiary alicyclic amines) is 1. The third-order valence-corrected chi connectivity index (χ3v) is 11.1. The fraction of sp³-hybridized carbons (Fsp3) is 0.500. The average Bonchev–Trinajstić information content (AvgIpc) is 3.24. The van der Waals surface area contributed by atoms with Crippen molar-refractivity contribution < 1.29 is 38.2 Å². The SMILES string of the molecule is CC[C@H](C)[C@H](NC(=O)[C@H]1CCCCN1C(=O)OCc1ccccc1)C(=O)N(C)[C@H](COc1cccc(C(=O)N[C@@H](Cc2ccccc2)C[C@H](C)C(=O)OC)c1)C(C)C. The maximum atomic E-state index is 14.3. The van der Waals surface area contributed by atoms with E-state index in [4.69, 9.17) is 14.2 Å². The summed E-state index contributed by atoms with van der Waals surface area (Å²) >= 11 is 0. The number of nitrogens with zero attached hydrogens (tertiary/aromatic N) is 2. The number of hydrogen-bond acceptors (Lipinski definition) is 8. The normalized spacial score (nSPS) is 16.6. The lowest BCUT2D eigenvalue weighted by Crippen LogP contribution is -2.59. The number of carbonyl (C=O) groups excluding carboxylic acids is 5. The van der Waals surface area contributed by atoms with E-state index in [9.17, 15) is 24.0 Å². The number of esters is 1. The summed E-state index contributed by atoms with van der Waals surface area (Å²) in [5, 5.41) is 6.13. The highest BCUT2D eigenvalue weighted by Gasteiger charge is 2.38. The molecular formula is C46H62N4O8. The van der Waals surface area contributed by atoms with Crippen LogP contribution < -0.4 is 15.4 Å². The van der Waals surface area contributed by atoms with E-state index in [1.165, 1.54) is 12.0 Å². The topological polar surface area (TPSA) is 144 Å². The number of rotatable bonds is 19. The zero-order chi connectivity index (χ0) is 42.2. The Kier molecular flexibility index (Phi) is 17.6. The van der Waals surface area contributed by atoms with Crippen molar-refractivity contribution in [1.29, 1.82) is 0 Å². The van der Waals surface area contributed by atoms with Gasteiger partial charge < -0.3 is 29.7 Å². The molecule has 6 atom stereocenters. The first-order valence-electron chi connectivity index (χ1n) is 20.5. The van der Waals surface area contributed by atoms with Crippen LogP contribution in [0.25, 0.3) is 0 Å². The van der Waals surface area contributed by atoms with Gasteiger partial charge in [-0.25, -0.2) is 4.79 Å². The van der Waals surface area contributed by atoms with Gasteiger partial charge in [0.05, 0.1) is 19.1 Å². The van der Waals surface area contributed by atoms with Crippen molar-refractivity contribution in [2.24, 2.45) is 17.8 Å². The van der Waals surface area contributed by atoms with Gasteiger partial charge in [0.1, 0.15) is 31.0 Å². The molecule has 0 aromatic heterocycles. The third-order valence-electron chi connectivity index (χ3n) is 11.1. The molecule has 0 saturated carbocycles. The number of methoxy groups -OCH3 is 1. The van der Waals surface area contributed by atoms with Crippen LogP contribution >= 0.6 is 0 Å². The van der Waals surface area contributed by atoms with E-state index in [2.05, 4.69) is 10.6 Å². The Balaban J connectivity index is 1.42. The third kappa shape index (κ3) is 13.1. The van der Waals surface area contributed by atoms with E-state index in [0.717, 1.165) is 24.0 Å². The van der Waals surface area contributed by atoms with Gasteiger partial charge in [0.15, 0.2) is 0 Å². The largest absolute Gasteiger partial charge is 0.491 e. The lowest BCUT2D eigenvalue weighted by molar-refractivity contribution is -0.145. The first-order valence-corrected chi connectivity index (χ1v) is 20.5. The second-order valence-electron chi connectivity index (χ2n) is 15.7. The Hall–Kier alpha value is -5.39. The number of likely N-dealkylation sites (N-methyl/N-ethyl adjacent to an activating group) is 1. The molecule has 0 unspecified atom stereocenters. The lowest BCUT2D eigenvalue weighted by Gasteiger charge is -2.38. The number of hydrogen-bond donors (Lipinski definition) is 2. The van der Waals surface area contributed by atoms with E-state index in [-0.39, 0.29) is 60.8 Å². The number of ether oxygens (including phenoxy) is 3. The van der Waals surface area contributed by atoms with Crippen LogP contribution in [0.1, 0.15) is 88.2 Å². The smallest absolute Gasteiger partial charge is 0.410 e. The van der Waals surface area contributed by atoms with Gasteiger partial charge in [-0.1, -0.05) is 108 Å². The number of benzene rings is 3. The van der Waals surface area contributed by atoms with Gasteiger partial charge in [-0.2, -0.15) is 0 Å². The van der Waals surface area contributed by atoms with Crippen LogP contribution in [-0.2, 0) is 36.9 Å². The Bertz CT molecular complexity index is 1790. The van der Waals surface area contributed by atoms with Gasteiger partial charge >= 0.3 is 12.1 Å². The second kappa shape index (κ2) is 22.5. The Labute approximate surface area is 344 Å². The molecule has 1 fully saturated rings. The first kappa shape index (κ1) is 45.3. The molecule has 1 heterocycles. The fourth-order valence-corrected chi connectivity index (χ4v) is 7.29. The number of amides is 4. The van der Waals surface area contributed by atoms with Gasteiger partial charge in [0.2, 0.25) is 11.8 Å². The zero-order valence-corrected chi connectivity index (χ0v) is 35.1. The molecule has 3 aromatic carbocycles. The van der Waals surface area contributed by atoms with E-state index in [1.54, 1.807) is 43.1 Å². The minimum Gasteiger partial charge on any atom is -0.491 e. The lowest BCUT2D eigenvalue weighted by atomic mass is 9.94. The molecule has 12 nitrogen and oxygen atoms in total. The van der Waals surface area contributed by atoms with Gasteiger partial charge in [0.25, 0.3) is 5.91 Å². The maximum absolute atomic E-state index is 14.3. The zero-order valence-electron chi connectivity index (χ0n) is 35.1. The first-order chi connectivity index (χ1) is 27.8. The predicted octanol–water partition coefficient (Wildman–Crippen LogP) is 6.81. The molecule has 0 bridgehead atoms. The molecule has 4 rings (SSSR count). The van der Waals surface area contributed by atoms with E-state index < -0.39 is 24.1 Å². The van der Waals surface area contributed by atoms with Gasteiger partial charge in [0, 0.05) is 25.2 Å². The Morgan fingerprint density at radius 1 is 0.862 bits per heavy atom. The van der Waals surface area contributed by atoms with E-state index in [1.807, 2.05) is 88.4 Å². The summed E-state index contributed by atoms with van der Waals surface area (Å²) in [4.78, 5) is 70.3. The van der Waals surface area contributed by atoms with Gasteiger partial charge in [-0.05, 0) is 73.3 Å². The van der Waals surface area contributed by atoms with Crippen molar-refractivity contribution in [1.82, 2.24) is 20.4 Å². The highest BCUT2D eigenvalue weighted by atomic mass is 16.6. The molecule has 58 heavy (non-hydrogen) atoms. The molecule has 1 aliphatic heterocycles. The van der Waals surface area contributed by atoms with Crippen molar-refractivity contribution in [3.63, 3.8) is 0 Å². The molecule has 0 spiro atoms. The van der Waals surface area contributed by atoms with Crippen LogP contribution in [0.5, 0.6) is 5.75 Å². The summed E-state index contributed by atoms with van der Waals surface area (Å²) in [5.74, 6) is -1.42. The number of carbonyl (C=O) groups is 5.